The number of hydrogen-bond donors (Lipinski definition) is 1. The zero-order valence-corrected chi connectivity index (χ0v) is 13.8. The standard InChI is InChI=1S/C17H24N2S/c1-12(2)16-19-14(11-18-17(3,4)5)15(20-16)13-9-7-6-8-10-13/h6-10,12,18H,11H2,1-5H3. The Morgan fingerprint density at radius 3 is 2.35 bits per heavy atom. The van der Waals surface area contributed by atoms with Crippen molar-refractivity contribution in [1.29, 1.82) is 0 Å². The predicted octanol–water partition coefficient (Wildman–Crippen LogP) is 4.82. The summed E-state index contributed by atoms with van der Waals surface area (Å²) in [6.45, 7) is 11.8. The van der Waals surface area contributed by atoms with Gasteiger partial charge in [0.25, 0.3) is 0 Å². The molecule has 1 aromatic carbocycles. The van der Waals surface area contributed by atoms with E-state index in [9.17, 15) is 0 Å². The monoisotopic (exact) mass is 288 g/mol. The fourth-order valence-electron chi connectivity index (χ4n) is 1.90. The van der Waals surface area contributed by atoms with Crippen molar-refractivity contribution in [3.63, 3.8) is 0 Å². The second kappa shape index (κ2) is 6.06. The van der Waals surface area contributed by atoms with Crippen LogP contribution in [0.25, 0.3) is 10.4 Å². The molecule has 0 saturated heterocycles. The minimum Gasteiger partial charge on any atom is -0.306 e. The van der Waals surface area contributed by atoms with Crippen LogP contribution in [0.5, 0.6) is 0 Å². The van der Waals surface area contributed by atoms with Crippen LogP contribution in [0.2, 0.25) is 0 Å². The molecule has 1 N–H and O–H groups in total. The minimum absolute atomic E-state index is 0.107. The number of hydrogen-bond acceptors (Lipinski definition) is 3. The highest BCUT2D eigenvalue weighted by atomic mass is 32.1. The summed E-state index contributed by atoms with van der Waals surface area (Å²) in [5, 5.41) is 4.76. The first-order valence-electron chi connectivity index (χ1n) is 7.17. The summed E-state index contributed by atoms with van der Waals surface area (Å²) in [6.07, 6.45) is 0. The van der Waals surface area contributed by atoms with E-state index >= 15 is 0 Å². The van der Waals surface area contributed by atoms with Crippen LogP contribution in [-0.4, -0.2) is 10.5 Å². The van der Waals surface area contributed by atoms with Gasteiger partial charge in [0.1, 0.15) is 0 Å². The van der Waals surface area contributed by atoms with Gasteiger partial charge in [-0.1, -0.05) is 44.2 Å². The van der Waals surface area contributed by atoms with Gasteiger partial charge in [-0.3, -0.25) is 0 Å². The molecule has 0 fully saturated rings. The van der Waals surface area contributed by atoms with Crippen molar-refractivity contribution in [3.05, 3.63) is 41.0 Å². The molecule has 2 rings (SSSR count). The molecule has 108 valence electrons. The third-order valence-corrected chi connectivity index (χ3v) is 4.48. The maximum Gasteiger partial charge on any atom is 0.0960 e. The third kappa shape index (κ3) is 3.90. The first-order chi connectivity index (χ1) is 9.37. The summed E-state index contributed by atoms with van der Waals surface area (Å²) in [6, 6.07) is 10.6. The molecule has 0 radical (unpaired) electrons. The Labute approximate surface area is 126 Å². The number of benzene rings is 1. The van der Waals surface area contributed by atoms with E-state index < -0.39 is 0 Å². The van der Waals surface area contributed by atoms with Crippen molar-refractivity contribution in [2.45, 2.75) is 52.6 Å². The summed E-state index contributed by atoms with van der Waals surface area (Å²) in [5.74, 6) is 0.478. The van der Waals surface area contributed by atoms with E-state index in [-0.39, 0.29) is 5.54 Å². The summed E-state index contributed by atoms with van der Waals surface area (Å²) >= 11 is 1.82. The van der Waals surface area contributed by atoms with Crippen molar-refractivity contribution >= 4 is 11.3 Å². The van der Waals surface area contributed by atoms with Crippen LogP contribution in [0.1, 0.15) is 51.2 Å². The maximum absolute atomic E-state index is 4.85. The molecule has 20 heavy (non-hydrogen) atoms. The van der Waals surface area contributed by atoms with E-state index in [0.29, 0.717) is 5.92 Å². The largest absolute Gasteiger partial charge is 0.306 e. The summed E-state index contributed by atoms with van der Waals surface area (Å²) < 4.78 is 0. The fraction of sp³-hybridized carbons (Fsp3) is 0.471. The van der Waals surface area contributed by atoms with Gasteiger partial charge in [-0.15, -0.1) is 11.3 Å². The molecule has 2 nitrogen and oxygen atoms in total. The first kappa shape index (κ1) is 15.2. The molecule has 3 heteroatoms. The lowest BCUT2D eigenvalue weighted by atomic mass is 10.1. The van der Waals surface area contributed by atoms with Crippen molar-refractivity contribution in [3.8, 4) is 10.4 Å². The molecule has 0 atom stereocenters. The van der Waals surface area contributed by atoms with Crippen molar-refractivity contribution in [2.75, 3.05) is 0 Å². The molecule has 0 aliphatic heterocycles. The van der Waals surface area contributed by atoms with Crippen molar-refractivity contribution in [1.82, 2.24) is 10.3 Å². The average Bonchev–Trinajstić information content (AvgIpc) is 2.81. The zero-order valence-electron chi connectivity index (χ0n) is 13.0. The molecule has 0 spiro atoms. The highest BCUT2D eigenvalue weighted by Crippen LogP contribution is 2.33. The average molecular weight is 288 g/mol. The van der Waals surface area contributed by atoms with Gasteiger partial charge in [0.2, 0.25) is 0 Å². The summed E-state index contributed by atoms with van der Waals surface area (Å²) in [5.41, 5.74) is 2.54. The van der Waals surface area contributed by atoms with Crippen LogP contribution in [-0.2, 0) is 6.54 Å². The van der Waals surface area contributed by atoms with E-state index in [0.717, 1.165) is 6.54 Å². The van der Waals surface area contributed by atoms with E-state index in [2.05, 4.69) is 70.3 Å². The topological polar surface area (TPSA) is 24.9 Å². The number of aromatic nitrogens is 1. The molecule has 0 aliphatic rings. The molecule has 0 bridgehead atoms. The molecule has 0 aliphatic carbocycles. The number of rotatable bonds is 4. The lowest BCUT2D eigenvalue weighted by molar-refractivity contribution is 0.422. The number of thiazole rings is 1. The lowest BCUT2D eigenvalue weighted by Crippen LogP contribution is -2.35. The number of nitrogens with one attached hydrogen (secondary N) is 1. The van der Waals surface area contributed by atoms with Crippen molar-refractivity contribution in [2.24, 2.45) is 0 Å². The first-order valence-corrected chi connectivity index (χ1v) is 7.98. The lowest BCUT2D eigenvalue weighted by Gasteiger charge is -2.20. The van der Waals surface area contributed by atoms with Crippen LogP contribution in [0.15, 0.2) is 30.3 Å². The van der Waals surface area contributed by atoms with Crippen molar-refractivity contribution < 1.29 is 0 Å². The molecule has 0 saturated carbocycles. The smallest absolute Gasteiger partial charge is 0.0960 e. The van der Waals surface area contributed by atoms with E-state index in [1.165, 1.54) is 21.1 Å². The van der Waals surface area contributed by atoms with Gasteiger partial charge in [0.05, 0.1) is 15.6 Å². The Balaban J connectivity index is 2.34. The van der Waals surface area contributed by atoms with Gasteiger partial charge in [0.15, 0.2) is 0 Å². The van der Waals surface area contributed by atoms with Gasteiger partial charge >= 0.3 is 0 Å². The van der Waals surface area contributed by atoms with Crippen LogP contribution in [0.4, 0.5) is 0 Å². The molecule has 0 amide bonds. The van der Waals surface area contributed by atoms with Gasteiger partial charge < -0.3 is 5.32 Å². The Morgan fingerprint density at radius 1 is 1.15 bits per heavy atom. The van der Waals surface area contributed by atoms with Gasteiger partial charge in [-0.05, 0) is 26.3 Å². The normalized spacial score (nSPS) is 12.1. The zero-order chi connectivity index (χ0) is 14.8. The van der Waals surface area contributed by atoms with Gasteiger partial charge in [-0.2, -0.15) is 0 Å². The predicted molar refractivity (Wildman–Crippen MR) is 88.2 cm³/mol. The highest BCUT2D eigenvalue weighted by molar-refractivity contribution is 7.15. The SMILES string of the molecule is CC(C)c1nc(CNC(C)(C)C)c(-c2ccccc2)s1. The van der Waals surface area contributed by atoms with Crippen LogP contribution < -0.4 is 5.32 Å². The van der Waals surface area contributed by atoms with Gasteiger partial charge in [0, 0.05) is 18.0 Å². The molecule has 1 heterocycles. The maximum atomic E-state index is 4.85. The molecule has 0 unspecified atom stereocenters. The fourth-order valence-corrected chi connectivity index (χ4v) is 2.99. The van der Waals surface area contributed by atoms with E-state index in [4.69, 9.17) is 4.98 Å². The second-order valence-corrected chi connectivity index (χ2v) is 7.48. The molecular weight excluding hydrogens is 264 g/mol. The molecular formula is C17H24N2S. The quantitative estimate of drug-likeness (QED) is 0.872. The van der Waals surface area contributed by atoms with Crippen LogP contribution in [0, 0.1) is 0 Å². The molecule has 1 aromatic heterocycles. The second-order valence-electron chi connectivity index (χ2n) is 6.45. The van der Waals surface area contributed by atoms with Crippen LogP contribution in [0.3, 0.4) is 0 Å². The summed E-state index contributed by atoms with van der Waals surface area (Å²) in [4.78, 5) is 6.14. The Hall–Kier alpha value is -1.19. The van der Waals surface area contributed by atoms with Crippen LogP contribution >= 0.6 is 11.3 Å². The Kier molecular flexibility index (Phi) is 4.61. The van der Waals surface area contributed by atoms with E-state index in [1.54, 1.807) is 0 Å². The minimum atomic E-state index is 0.107. The Morgan fingerprint density at radius 2 is 1.80 bits per heavy atom. The van der Waals surface area contributed by atoms with E-state index in [1.807, 2.05) is 11.3 Å². The highest BCUT2D eigenvalue weighted by Gasteiger charge is 2.17. The van der Waals surface area contributed by atoms with Gasteiger partial charge in [-0.25, -0.2) is 4.98 Å². The Bertz CT molecular complexity index is 550. The molecule has 2 aromatic rings. The summed E-state index contributed by atoms with van der Waals surface area (Å²) in [7, 11) is 0. The number of nitrogens with zero attached hydrogens (tertiary/aromatic N) is 1. The third-order valence-electron chi connectivity index (χ3n) is 3.03.